The number of rotatable bonds is 2. The molecule has 1 amide bonds. The smallest absolute Gasteiger partial charge is 0.267 e. The zero-order valence-electron chi connectivity index (χ0n) is 9.72. The van der Waals surface area contributed by atoms with E-state index >= 15 is 0 Å². The van der Waals surface area contributed by atoms with Gasteiger partial charge in [-0.25, -0.2) is 0 Å². The number of piperidine rings is 1. The van der Waals surface area contributed by atoms with Crippen LogP contribution in [0.3, 0.4) is 0 Å². The number of nitriles is 1. The van der Waals surface area contributed by atoms with E-state index in [9.17, 15) is 4.79 Å². The molecular formula is C11H14N4OS. The summed E-state index contributed by atoms with van der Waals surface area (Å²) in [5, 5.41) is 12.9. The lowest BCUT2D eigenvalue weighted by atomic mass is 9.99. The van der Waals surface area contributed by atoms with Crippen molar-refractivity contribution in [2.24, 2.45) is 5.92 Å². The number of aryl methyl sites for hydroxylation is 1. The molecule has 90 valence electrons. The third kappa shape index (κ3) is 2.44. The van der Waals surface area contributed by atoms with Crippen molar-refractivity contribution in [1.82, 2.24) is 14.5 Å². The van der Waals surface area contributed by atoms with Crippen LogP contribution in [0.2, 0.25) is 0 Å². The number of amides is 1. The van der Waals surface area contributed by atoms with Gasteiger partial charge in [0.15, 0.2) is 0 Å². The lowest BCUT2D eigenvalue weighted by molar-refractivity contribution is 0.0702. The molecule has 0 aliphatic carbocycles. The molecule has 5 nitrogen and oxygen atoms in total. The van der Waals surface area contributed by atoms with E-state index < -0.39 is 0 Å². The van der Waals surface area contributed by atoms with E-state index in [1.54, 1.807) is 4.90 Å². The van der Waals surface area contributed by atoms with Gasteiger partial charge < -0.3 is 4.90 Å². The van der Waals surface area contributed by atoms with Gasteiger partial charge in [0.1, 0.15) is 4.88 Å². The van der Waals surface area contributed by atoms with Crippen LogP contribution < -0.4 is 0 Å². The summed E-state index contributed by atoms with van der Waals surface area (Å²) in [5.41, 5.74) is 0.763. The molecule has 1 aliphatic rings. The summed E-state index contributed by atoms with van der Waals surface area (Å²) in [6.45, 7) is 3.23. The highest BCUT2D eigenvalue weighted by Crippen LogP contribution is 2.20. The predicted octanol–water partition coefficient (Wildman–Crippen LogP) is 1.48. The molecule has 0 N–H and O–H groups in total. The number of hydrogen-bond acceptors (Lipinski definition) is 5. The molecule has 2 rings (SSSR count). The zero-order chi connectivity index (χ0) is 12.3. The number of carbonyl (C=O) groups excluding carboxylic acids is 1. The molecule has 6 heteroatoms. The van der Waals surface area contributed by atoms with Crippen molar-refractivity contribution in [1.29, 1.82) is 5.26 Å². The molecular weight excluding hydrogens is 236 g/mol. The van der Waals surface area contributed by atoms with Crippen LogP contribution in [-0.4, -0.2) is 33.5 Å². The maximum atomic E-state index is 12.2. The first-order chi connectivity index (χ1) is 8.26. The van der Waals surface area contributed by atoms with Gasteiger partial charge in [0, 0.05) is 13.1 Å². The Morgan fingerprint density at radius 3 is 3.24 bits per heavy atom. The lowest BCUT2D eigenvalue weighted by Gasteiger charge is -2.29. The normalized spacial score (nSPS) is 20.0. The van der Waals surface area contributed by atoms with Crippen LogP contribution in [0.15, 0.2) is 0 Å². The predicted molar refractivity (Wildman–Crippen MR) is 63.5 cm³/mol. The minimum Gasteiger partial charge on any atom is -0.337 e. The number of nitrogens with zero attached hydrogens (tertiary/aromatic N) is 4. The van der Waals surface area contributed by atoms with Crippen LogP contribution in [0.25, 0.3) is 0 Å². The average molecular weight is 250 g/mol. The Morgan fingerprint density at radius 1 is 1.71 bits per heavy atom. The molecule has 1 aromatic rings. The van der Waals surface area contributed by atoms with Gasteiger partial charge in [0.2, 0.25) is 0 Å². The van der Waals surface area contributed by atoms with Gasteiger partial charge in [-0.2, -0.15) is 5.26 Å². The third-order valence-corrected chi connectivity index (χ3v) is 3.73. The highest BCUT2D eigenvalue weighted by Gasteiger charge is 2.27. The first kappa shape index (κ1) is 12.0. The van der Waals surface area contributed by atoms with E-state index in [2.05, 4.69) is 15.7 Å². The van der Waals surface area contributed by atoms with E-state index in [-0.39, 0.29) is 11.8 Å². The average Bonchev–Trinajstić information content (AvgIpc) is 2.86. The van der Waals surface area contributed by atoms with E-state index in [1.807, 2.05) is 6.92 Å². The van der Waals surface area contributed by atoms with E-state index in [1.165, 1.54) is 0 Å². The SMILES string of the molecule is CCc1nnsc1C(=O)N1CCCC(C#N)C1. The van der Waals surface area contributed by atoms with E-state index in [0.717, 1.165) is 36.6 Å². The molecule has 0 bridgehead atoms. The minimum atomic E-state index is -0.0290. The maximum Gasteiger partial charge on any atom is 0.267 e. The van der Waals surface area contributed by atoms with E-state index in [4.69, 9.17) is 5.26 Å². The molecule has 1 unspecified atom stereocenters. The highest BCUT2D eigenvalue weighted by molar-refractivity contribution is 7.08. The molecule has 0 radical (unpaired) electrons. The minimum absolute atomic E-state index is 0.0169. The number of carbonyl (C=O) groups is 1. The summed E-state index contributed by atoms with van der Waals surface area (Å²) in [7, 11) is 0. The van der Waals surface area contributed by atoms with Crippen LogP contribution in [0.1, 0.15) is 35.1 Å². The summed E-state index contributed by atoms with van der Waals surface area (Å²) >= 11 is 1.15. The Kier molecular flexibility index (Phi) is 3.69. The summed E-state index contributed by atoms with van der Waals surface area (Å²) in [6.07, 6.45) is 2.51. The van der Waals surface area contributed by atoms with Gasteiger partial charge in [-0.1, -0.05) is 11.4 Å². The van der Waals surface area contributed by atoms with Crippen molar-refractivity contribution < 1.29 is 4.79 Å². The quantitative estimate of drug-likeness (QED) is 0.797. The number of aromatic nitrogens is 2. The van der Waals surface area contributed by atoms with Crippen molar-refractivity contribution in [2.45, 2.75) is 26.2 Å². The molecule has 0 saturated carbocycles. The molecule has 2 heterocycles. The van der Waals surface area contributed by atoms with Gasteiger partial charge >= 0.3 is 0 Å². The standard InChI is InChI=1S/C11H14N4OS/c1-2-9-10(17-14-13-9)11(16)15-5-3-4-8(6-12)7-15/h8H,2-5,7H2,1H3. The van der Waals surface area contributed by atoms with E-state index in [0.29, 0.717) is 17.8 Å². The molecule has 1 saturated heterocycles. The Balaban J connectivity index is 2.12. The van der Waals surface area contributed by atoms with Gasteiger partial charge in [-0.15, -0.1) is 5.10 Å². The van der Waals surface area contributed by atoms with Crippen molar-refractivity contribution in [3.8, 4) is 6.07 Å². The second-order valence-corrected chi connectivity index (χ2v) is 4.88. The molecule has 1 aromatic heterocycles. The van der Waals surface area contributed by atoms with Crippen LogP contribution in [0, 0.1) is 17.2 Å². The van der Waals surface area contributed by atoms with Gasteiger partial charge in [-0.3, -0.25) is 4.79 Å². The second kappa shape index (κ2) is 5.23. The van der Waals surface area contributed by atoms with Crippen molar-refractivity contribution in [3.63, 3.8) is 0 Å². The van der Waals surface area contributed by atoms with Crippen LogP contribution in [0.4, 0.5) is 0 Å². The topological polar surface area (TPSA) is 69.9 Å². The summed E-state index contributed by atoms with van der Waals surface area (Å²) < 4.78 is 3.83. The monoisotopic (exact) mass is 250 g/mol. The first-order valence-corrected chi connectivity index (χ1v) is 6.53. The fourth-order valence-corrected chi connectivity index (χ4v) is 2.73. The largest absolute Gasteiger partial charge is 0.337 e. The van der Waals surface area contributed by atoms with Crippen molar-refractivity contribution >= 4 is 17.4 Å². The Hall–Kier alpha value is -1.48. The van der Waals surface area contributed by atoms with Crippen LogP contribution >= 0.6 is 11.5 Å². The number of likely N-dealkylation sites (tertiary alicyclic amines) is 1. The van der Waals surface area contributed by atoms with Crippen LogP contribution in [0.5, 0.6) is 0 Å². The van der Waals surface area contributed by atoms with Gasteiger partial charge in [0.25, 0.3) is 5.91 Å². The zero-order valence-corrected chi connectivity index (χ0v) is 10.5. The molecule has 0 aromatic carbocycles. The van der Waals surface area contributed by atoms with Crippen molar-refractivity contribution in [3.05, 3.63) is 10.6 Å². The highest BCUT2D eigenvalue weighted by atomic mass is 32.1. The third-order valence-electron chi connectivity index (χ3n) is 2.98. The molecule has 1 fully saturated rings. The van der Waals surface area contributed by atoms with Crippen LogP contribution in [-0.2, 0) is 6.42 Å². The Bertz CT molecular complexity index is 451. The fraction of sp³-hybridized carbons (Fsp3) is 0.636. The summed E-state index contributed by atoms with van der Waals surface area (Å²) in [5.74, 6) is -0.0459. The fourth-order valence-electron chi connectivity index (χ4n) is 2.01. The number of hydrogen-bond donors (Lipinski definition) is 0. The summed E-state index contributed by atoms with van der Waals surface area (Å²) in [6, 6.07) is 2.24. The summed E-state index contributed by atoms with van der Waals surface area (Å²) in [4.78, 5) is 14.6. The Labute approximate surface area is 104 Å². The van der Waals surface area contributed by atoms with Crippen molar-refractivity contribution in [2.75, 3.05) is 13.1 Å². The first-order valence-electron chi connectivity index (χ1n) is 5.76. The maximum absolute atomic E-state index is 12.2. The second-order valence-electron chi connectivity index (χ2n) is 4.12. The molecule has 0 spiro atoms. The lowest BCUT2D eigenvalue weighted by Crippen LogP contribution is -2.39. The van der Waals surface area contributed by atoms with Gasteiger partial charge in [0.05, 0.1) is 17.7 Å². The molecule has 1 aliphatic heterocycles. The Morgan fingerprint density at radius 2 is 2.53 bits per heavy atom. The molecule has 17 heavy (non-hydrogen) atoms. The molecule has 1 atom stereocenters. The van der Waals surface area contributed by atoms with Gasteiger partial charge in [-0.05, 0) is 30.8 Å².